The predicted molar refractivity (Wildman–Crippen MR) is 92.2 cm³/mol. The lowest BCUT2D eigenvalue weighted by atomic mass is 10.3. The minimum atomic E-state index is -0.514. The number of nitro groups is 1. The Kier molecular flexibility index (Phi) is 4.75. The summed E-state index contributed by atoms with van der Waals surface area (Å²) in [5.41, 5.74) is 0.219. The molecule has 3 rings (SSSR count). The zero-order valence-electron chi connectivity index (χ0n) is 12.9. The summed E-state index contributed by atoms with van der Waals surface area (Å²) in [5.74, 6) is 0. The molecule has 0 aliphatic heterocycles. The van der Waals surface area contributed by atoms with Gasteiger partial charge in [-0.3, -0.25) is 19.6 Å². The number of nitrogens with zero attached hydrogens (tertiary/aromatic N) is 5. The van der Waals surface area contributed by atoms with Gasteiger partial charge in [-0.25, -0.2) is 0 Å². The van der Waals surface area contributed by atoms with Crippen LogP contribution in [0.25, 0.3) is 5.69 Å². The fourth-order valence-electron chi connectivity index (χ4n) is 2.19. The molecule has 2 heterocycles. The molecule has 0 radical (unpaired) electrons. The Morgan fingerprint density at radius 2 is 2.00 bits per heavy atom. The van der Waals surface area contributed by atoms with Crippen LogP contribution >= 0.6 is 11.6 Å². The first kappa shape index (κ1) is 16.7. The van der Waals surface area contributed by atoms with Crippen molar-refractivity contribution >= 4 is 23.0 Å². The predicted octanol–water partition coefficient (Wildman–Crippen LogP) is 2.10. The van der Waals surface area contributed by atoms with E-state index < -0.39 is 10.5 Å². The molecule has 0 unspecified atom stereocenters. The zero-order valence-corrected chi connectivity index (χ0v) is 13.6. The fraction of sp³-hybridized carbons (Fsp3) is 0.133. The molecular formula is C15H13ClN6O3. The number of hydrogen-bond donors (Lipinski definition) is 1. The largest absolute Gasteiger partial charge is 0.381 e. The first-order valence-corrected chi connectivity index (χ1v) is 7.68. The topological polar surface area (TPSA) is 108 Å². The molecule has 0 saturated heterocycles. The van der Waals surface area contributed by atoms with Crippen LogP contribution in [-0.4, -0.2) is 31.0 Å². The van der Waals surface area contributed by atoms with Gasteiger partial charge in [0.15, 0.2) is 0 Å². The highest BCUT2D eigenvalue weighted by Gasteiger charge is 2.12. The van der Waals surface area contributed by atoms with E-state index in [1.54, 1.807) is 10.9 Å². The van der Waals surface area contributed by atoms with Crippen molar-refractivity contribution in [3.63, 3.8) is 0 Å². The Balaban J connectivity index is 1.77. The minimum Gasteiger partial charge on any atom is -0.381 e. The molecule has 2 aromatic heterocycles. The summed E-state index contributed by atoms with van der Waals surface area (Å²) < 4.78 is 2.83. The number of rotatable bonds is 6. The number of anilines is 1. The summed E-state index contributed by atoms with van der Waals surface area (Å²) in [4.78, 5) is 22.5. The molecule has 0 spiro atoms. The van der Waals surface area contributed by atoms with Crippen LogP contribution < -0.4 is 10.9 Å². The van der Waals surface area contributed by atoms with Crippen LogP contribution in [0.1, 0.15) is 0 Å². The first-order valence-electron chi connectivity index (χ1n) is 7.30. The molecule has 128 valence electrons. The summed E-state index contributed by atoms with van der Waals surface area (Å²) in [6.45, 7) is 1.12. The third-order valence-corrected chi connectivity index (χ3v) is 3.80. The van der Waals surface area contributed by atoms with Gasteiger partial charge in [0.25, 0.3) is 11.2 Å². The monoisotopic (exact) mass is 360 g/mol. The van der Waals surface area contributed by atoms with Gasteiger partial charge in [-0.05, 0) is 18.2 Å². The van der Waals surface area contributed by atoms with Crippen molar-refractivity contribution < 1.29 is 4.92 Å². The second-order valence-corrected chi connectivity index (χ2v) is 5.44. The second kappa shape index (κ2) is 7.14. The van der Waals surface area contributed by atoms with Crippen LogP contribution in [0.4, 0.5) is 11.4 Å². The molecule has 0 atom stereocenters. The van der Waals surface area contributed by atoms with E-state index in [2.05, 4.69) is 15.5 Å². The number of non-ortho nitro benzene ring substituents is 1. The smallest absolute Gasteiger partial charge is 0.292 e. The van der Waals surface area contributed by atoms with Crippen molar-refractivity contribution in [1.29, 1.82) is 0 Å². The van der Waals surface area contributed by atoms with E-state index in [1.165, 1.54) is 30.5 Å². The molecule has 3 aromatic rings. The molecule has 0 fully saturated rings. The van der Waals surface area contributed by atoms with E-state index in [0.717, 1.165) is 4.68 Å². The average Bonchev–Trinajstić information content (AvgIpc) is 3.12. The lowest BCUT2D eigenvalue weighted by Gasteiger charge is -2.10. The van der Waals surface area contributed by atoms with Gasteiger partial charge in [0, 0.05) is 31.1 Å². The number of aromatic nitrogens is 4. The van der Waals surface area contributed by atoms with Gasteiger partial charge in [-0.1, -0.05) is 11.6 Å². The maximum atomic E-state index is 12.4. The Hall–Kier alpha value is -3.20. The molecule has 0 bridgehead atoms. The molecule has 0 amide bonds. The Labute approximate surface area is 146 Å². The highest BCUT2D eigenvalue weighted by Crippen LogP contribution is 2.18. The number of hydrogen-bond acceptors (Lipinski definition) is 6. The van der Waals surface area contributed by atoms with Crippen molar-refractivity contribution in [2.45, 2.75) is 6.54 Å². The molecule has 1 N–H and O–H groups in total. The third kappa shape index (κ3) is 3.66. The van der Waals surface area contributed by atoms with Crippen molar-refractivity contribution in [3.8, 4) is 5.69 Å². The van der Waals surface area contributed by atoms with Crippen LogP contribution in [0.15, 0.2) is 53.7 Å². The van der Waals surface area contributed by atoms with Gasteiger partial charge < -0.3 is 5.32 Å². The summed E-state index contributed by atoms with van der Waals surface area (Å²) in [6, 6.07) is 7.29. The van der Waals surface area contributed by atoms with Crippen LogP contribution in [0, 0.1) is 10.1 Å². The van der Waals surface area contributed by atoms with E-state index in [1.807, 2.05) is 12.3 Å². The van der Waals surface area contributed by atoms with Gasteiger partial charge in [-0.15, -0.1) is 0 Å². The summed E-state index contributed by atoms with van der Waals surface area (Å²) in [6.07, 6.45) is 4.95. The summed E-state index contributed by atoms with van der Waals surface area (Å²) >= 11 is 6.12. The van der Waals surface area contributed by atoms with Crippen LogP contribution in [0.3, 0.4) is 0 Å². The van der Waals surface area contributed by atoms with Gasteiger partial charge in [0.1, 0.15) is 5.02 Å². The van der Waals surface area contributed by atoms with Crippen molar-refractivity contribution in [2.24, 2.45) is 0 Å². The van der Waals surface area contributed by atoms with E-state index in [4.69, 9.17) is 11.6 Å². The molecular weight excluding hydrogens is 348 g/mol. The molecule has 10 heteroatoms. The van der Waals surface area contributed by atoms with E-state index in [-0.39, 0.29) is 10.7 Å². The lowest BCUT2D eigenvalue weighted by Crippen LogP contribution is -2.23. The Morgan fingerprint density at radius 3 is 2.64 bits per heavy atom. The van der Waals surface area contributed by atoms with Crippen molar-refractivity contribution in [2.75, 3.05) is 11.9 Å². The van der Waals surface area contributed by atoms with Crippen molar-refractivity contribution in [3.05, 3.63) is 74.4 Å². The number of nitrogens with one attached hydrogen (secondary N) is 1. The Morgan fingerprint density at radius 1 is 1.24 bits per heavy atom. The zero-order chi connectivity index (χ0) is 17.8. The SMILES string of the molecule is O=c1c(Cl)c(NCCn2cccn2)cnn1-c1ccc([N+](=O)[O-])cc1. The highest BCUT2D eigenvalue weighted by atomic mass is 35.5. The third-order valence-electron chi connectivity index (χ3n) is 3.44. The quantitative estimate of drug-likeness (QED) is 0.532. The van der Waals surface area contributed by atoms with E-state index >= 15 is 0 Å². The summed E-state index contributed by atoms with van der Waals surface area (Å²) in [7, 11) is 0. The molecule has 9 nitrogen and oxygen atoms in total. The van der Waals surface area contributed by atoms with Gasteiger partial charge in [0.05, 0.1) is 29.0 Å². The minimum absolute atomic E-state index is 0.00572. The van der Waals surface area contributed by atoms with Crippen molar-refractivity contribution in [1.82, 2.24) is 19.6 Å². The maximum absolute atomic E-state index is 12.4. The first-order chi connectivity index (χ1) is 12.1. The Bertz CT molecular complexity index is 937. The summed E-state index contributed by atoms with van der Waals surface area (Å²) in [5, 5.41) is 21.9. The molecule has 0 aliphatic rings. The van der Waals surface area contributed by atoms with Crippen LogP contribution in [-0.2, 0) is 6.54 Å². The van der Waals surface area contributed by atoms with E-state index in [9.17, 15) is 14.9 Å². The maximum Gasteiger partial charge on any atom is 0.292 e. The lowest BCUT2D eigenvalue weighted by molar-refractivity contribution is -0.384. The number of halogens is 1. The number of nitro benzene ring substituents is 1. The molecule has 0 saturated carbocycles. The van der Waals surface area contributed by atoms with Gasteiger partial charge >= 0.3 is 0 Å². The van der Waals surface area contributed by atoms with Crippen LogP contribution in [0.2, 0.25) is 5.02 Å². The van der Waals surface area contributed by atoms with E-state index in [0.29, 0.717) is 24.5 Å². The van der Waals surface area contributed by atoms with Gasteiger partial charge in [-0.2, -0.15) is 14.9 Å². The van der Waals surface area contributed by atoms with Gasteiger partial charge in [0.2, 0.25) is 0 Å². The fourth-order valence-corrected chi connectivity index (χ4v) is 2.39. The highest BCUT2D eigenvalue weighted by molar-refractivity contribution is 6.32. The van der Waals surface area contributed by atoms with Crippen LogP contribution in [0.5, 0.6) is 0 Å². The standard InChI is InChI=1S/C15H13ClN6O3/c16-14-13(17-7-9-20-8-1-6-18-20)10-19-21(15(14)23)11-2-4-12(5-3-11)22(24)25/h1-6,8,10,17H,7,9H2. The molecule has 0 aliphatic carbocycles. The molecule has 1 aromatic carbocycles. The molecule has 25 heavy (non-hydrogen) atoms. The normalized spacial score (nSPS) is 10.6. The number of benzene rings is 1. The second-order valence-electron chi connectivity index (χ2n) is 5.06. The average molecular weight is 361 g/mol.